The Labute approximate surface area is 149 Å². The number of hydrogen-bond acceptors (Lipinski definition) is 6. The molecule has 0 atom stereocenters. The van der Waals surface area contributed by atoms with Gasteiger partial charge in [-0.15, -0.1) is 0 Å². The minimum Gasteiger partial charge on any atom is -0.358 e. The first-order valence-corrected chi connectivity index (χ1v) is 8.05. The summed E-state index contributed by atoms with van der Waals surface area (Å²) in [6.07, 6.45) is 2.88. The number of amides is 2. The van der Waals surface area contributed by atoms with Crippen molar-refractivity contribution in [2.24, 2.45) is 13.0 Å². The minimum absolute atomic E-state index is 0.0424. The van der Waals surface area contributed by atoms with E-state index < -0.39 is 4.92 Å². The number of carbonyl (C=O) groups excluding carboxylic acids is 2. The van der Waals surface area contributed by atoms with E-state index in [0.717, 1.165) is 0 Å². The molecule has 0 aliphatic rings. The molecular formula is C15H21N7O4. The predicted octanol–water partition coefficient (Wildman–Crippen LogP) is 0.939. The van der Waals surface area contributed by atoms with Gasteiger partial charge < -0.3 is 20.7 Å². The third-order valence-corrected chi connectivity index (χ3v) is 3.48. The molecule has 0 spiro atoms. The van der Waals surface area contributed by atoms with Gasteiger partial charge in [0.15, 0.2) is 0 Å². The Hall–Kier alpha value is -3.24. The summed E-state index contributed by atoms with van der Waals surface area (Å²) in [4.78, 5) is 34.4. The van der Waals surface area contributed by atoms with Crippen molar-refractivity contribution in [3.8, 4) is 0 Å². The first-order valence-electron chi connectivity index (χ1n) is 8.05. The molecule has 0 saturated heterocycles. The van der Waals surface area contributed by atoms with E-state index in [4.69, 9.17) is 0 Å². The maximum Gasteiger partial charge on any atom is 0.389 e. The largest absolute Gasteiger partial charge is 0.389 e. The van der Waals surface area contributed by atoms with Crippen molar-refractivity contribution in [3.05, 3.63) is 34.3 Å². The fraction of sp³-hybridized carbons (Fsp3) is 0.467. The maximum absolute atomic E-state index is 12.3. The number of carbonyl (C=O) groups is 2. The second-order valence-electron chi connectivity index (χ2n) is 6.13. The Morgan fingerprint density at radius 1 is 1.38 bits per heavy atom. The van der Waals surface area contributed by atoms with Crippen LogP contribution in [-0.4, -0.2) is 42.8 Å². The number of hydrogen-bond donors (Lipinski definition) is 2. The zero-order valence-corrected chi connectivity index (χ0v) is 14.8. The van der Waals surface area contributed by atoms with E-state index in [1.54, 1.807) is 7.05 Å². The lowest BCUT2D eigenvalue weighted by Gasteiger charge is -2.10. The molecule has 0 saturated carbocycles. The Balaban J connectivity index is 1.96. The van der Waals surface area contributed by atoms with Crippen LogP contribution in [0.5, 0.6) is 0 Å². The van der Waals surface area contributed by atoms with Crippen LogP contribution in [0, 0.1) is 16.0 Å². The number of anilines is 1. The van der Waals surface area contributed by atoms with Crippen LogP contribution >= 0.6 is 0 Å². The molecule has 0 aliphatic heterocycles. The van der Waals surface area contributed by atoms with E-state index in [1.807, 2.05) is 13.8 Å². The Morgan fingerprint density at radius 3 is 2.73 bits per heavy atom. The Morgan fingerprint density at radius 2 is 2.12 bits per heavy atom. The van der Waals surface area contributed by atoms with Crippen LogP contribution in [0.2, 0.25) is 0 Å². The summed E-state index contributed by atoms with van der Waals surface area (Å²) in [5.74, 6) is -0.657. The van der Waals surface area contributed by atoms with Crippen molar-refractivity contribution in [3.63, 3.8) is 0 Å². The highest BCUT2D eigenvalue weighted by Gasteiger charge is 2.19. The number of aryl methyl sites for hydroxylation is 2. The zero-order valence-electron chi connectivity index (χ0n) is 14.8. The van der Waals surface area contributed by atoms with Crippen LogP contribution in [0.4, 0.5) is 11.5 Å². The third-order valence-electron chi connectivity index (χ3n) is 3.48. The number of nitrogens with zero attached hydrogens (tertiary/aromatic N) is 5. The molecule has 26 heavy (non-hydrogen) atoms. The van der Waals surface area contributed by atoms with Gasteiger partial charge in [-0.1, -0.05) is 13.8 Å². The smallest absolute Gasteiger partial charge is 0.358 e. The molecule has 2 aromatic heterocycles. The third kappa shape index (κ3) is 4.88. The number of rotatable bonds is 8. The highest BCUT2D eigenvalue weighted by molar-refractivity contribution is 6.02. The monoisotopic (exact) mass is 363 g/mol. The Bertz CT molecular complexity index is 809. The van der Waals surface area contributed by atoms with E-state index in [-0.39, 0.29) is 36.3 Å². The van der Waals surface area contributed by atoms with Gasteiger partial charge in [-0.2, -0.15) is 9.78 Å². The van der Waals surface area contributed by atoms with Crippen LogP contribution < -0.4 is 10.6 Å². The molecule has 0 bridgehead atoms. The summed E-state index contributed by atoms with van der Waals surface area (Å²) in [6, 6.07) is 1.26. The lowest BCUT2D eigenvalue weighted by molar-refractivity contribution is -0.389. The van der Waals surface area contributed by atoms with Gasteiger partial charge in [0.05, 0.1) is 35.8 Å². The molecule has 11 heteroatoms. The van der Waals surface area contributed by atoms with Crippen LogP contribution in [0.1, 0.15) is 30.8 Å². The van der Waals surface area contributed by atoms with Gasteiger partial charge in [-0.05, 0) is 10.8 Å². The lowest BCUT2D eigenvalue weighted by atomic mass is 10.2. The molecule has 2 aromatic rings. The van der Waals surface area contributed by atoms with E-state index in [2.05, 4.69) is 20.8 Å². The van der Waals surface area contributed by atoms with E-state index in [1.165, 1.54) is 27.8 Å². The molecule has 0 aromatic carbocycles. The molecule has 140 valence electrons. The molecule has 11 nitrogen and oxygen atoms in total. The van der Waals surface area contributed by atoms with Gasteiger partial charge in [-0.25, -0.2) is 0 Å². The normalized spacial score (nSPS) is 10.8. The average molecular weight is 363 g/mol. The molecular weight excluding hydrogens is 342 g/mol. The molecule has 0 aliphatic carbocycles. The summed E-state index contributed by atoms with van der Waals surface area (Å²) < 4.78 is 2.71. The van der Waals surface area contributed by atoms with Crippen molar-refractivity contribution in [1.29, 1.82) is 0 Å². The molecule has 2 N–H and O–H groups in total. The fourth-order valence-corrected chi connectivity index (χ4v) is 2.18. The standard InChI is InChI=1S/C15H21N7O4/c1-10(2)8-16-15(24)14-11(9-17-20(14)3)18-13(23)5-7-21-6-4-12(19-21)22(25)26/h4,6,9-10H,5,7-8H2,1-3H3,(H,16,24)(H,18,23). The topological polar surface area (TPSA) is 137 Å². The molecule has 0 fully saturated rings. The highest BCUT2D eigenvalue weighted by Crippen LogP contribution is 2.15. The second-order valence-corrected chi connectivity index (χ2v) is 6.13. The SMILES string of the molecule is CC(C)CNC(=O)c1c(NC(=O)CCn2ccc([N+](=O)[O-])n2)cnn1C. The zero-order chi connectivity index (χ0) is 19.3. The number of nitro groups is 1. The van der Waals surface area contributed by atoms with Crippen molar-refractivity contribution in [2.75, 3.05) is 11.9 Å². The first-order chi connectivity index (χ1) is 12.3. The summed E-state index contributed by atoms with van der Waals surface area (Å²) in [6.45, 7) is 4.64. The number of aromatic nitrogens is 4. The van der Waals surface area contributed by atoms with E-state index in [9.17, 15) is 19.7 Å². The fourth-order valence-electron chi connectivity index (χ4n) is 2.18. The predicted molar refractivity (Wildman–Crippen MR) is 92.5 cm³/mol. The van der Waals surface area contributed by atoms with E-state index >= 15 is 0 Å². The summed E-state index contributed by atoms with van der Waals surface area (Å²) in [5, 5.41) is 23.8. The van der Waals surface area contributed by atoms with Gasteiger partial charge in [-0.3, -0.25) is 14.3 Å². The molecule has 2 amide bonds. The van der Waals surface area contributed by atoms with Crippen molar-refractivity contribution < 1.29 is 14.5 Å². The summed E-state index contributed by atoms with van der Waals surface area (Å²) in [5.41, 5.74) is 0.568. The van der Waals surface area contributed by atoms with Crippen LogP contribution in [0.25, 0.3) is 0 Å². The number of nitrogens with one attached hydrogen (secondary N) is 2. The first kappa shape index (κ1) is 19.1. The second kappa shape index (κ2) is 8.23. The van der Waals surface area contributed by atoms with Gasteiger partial charge in [0.25, 0.3) is 5.91 Å². The molecule has 0 unspecified atom stereocenters. The van der Waals surface area contributed by atoms with Crippen LogP contribution in [0.3, 0.4) is 0 Å². The minimum atomic E-state index is -0.603. The van der Waals surface area contributed by atoms with Gasteiger partial charge >= 0.3 is 5.82 Å². The van der Waals surface area contributed by atoms with Crippen molar-refractivity contribution in [2.45, 2.75) is 26.8 Å². The quantitative estimate of drug-likeness (QED) is 0.529. The Kier molecular flexibility index (Phi) is 6.04. The van der Waals surface area contributed by atoms with Crippen LogP contribution in [0.15, 0.2) is 18.5 Å². The lowest BCUT2D eigenvalue weighted by Crippen LogP contribution is -2.30. The van der Waals surface area contributed by atoms with Gasteiger partial charge in [0, 0.05) is 20.0 Å². The van der Waals surface area contributed by atoms with Gasteiger partial charge in [0.1, 0.15) is 5.69 Å². The maximum atomic E-state index is 12.3. The summed E-state index contributed by atoms with van der Waals surface area (Å²) >= 11 is 0. The van der Waals surface area contributed by atoms with Gasteiger partial charge in [0.2, 0.25) is 5.91 Å². The van der Waals surface area contributed by atoms with Crippen molar-refractivity contribution >= 4 is 23.3 Å². The molecule has 0 radical (unpaired) electrons. The average Bonchev–Trinajstić information content (AvgIpc) is 3.18. The molecule has 2 rings (SSSR count). The van der Waals surface area contributed by atoms with E-state index in [0.29, 0.717) is 18.2 Å². The van der Waals surface area contributed by atoms with Crippen LogP contribution in [-0.2, 0) is 18.4 Å². The highest BCUT2D eigenvalue weighted by atomic mass is 16.6. The van der Waals surface area contributed by atoms with Crippen molar-refractivity contribution in [1.82, 2.24) is 24.9 Å². The molecule has 2 heterocycles. The summed E-state index contributed by atoms with van der Waals surface area (Å²) in [7, 11) is 1.61.